The lowest BCUT2D eigenvalue weighted by Gasteiger charge is -2.41. The van der Waals surface area contributed by atoms with Crippen molar-refractivity contribution in [2.24, 2.45) is 7.05 Å². The van der Waals surface area contributed by atoms with Gasteiger partial charge in [0.25, 0.3) is 0 Å². The number of likely N-dealkylation sites (tertiary alicyclic amines) is 1. The Balaban J connectivity index is 1.66. The highest BCUT2D eigenvalue weighted by Gasteiger charge is 2.30. The summed E-state index contributed by atoms with van der Waals surface area (Å²) < 4.78 is 8.07. The van der Waals surface area contributed by atoms with Crippen LogP contribution in [0.5, 0.6) is 0 Å². The Morgan fingerprint density at radius 1 is 1.20 bits per heavy atom. The molecule has 0 bridgehead atoms. The largest absolute Gasteiger partial charge is 0.368 e. The normalized spacial score (nSPS) is 27.1. The second kappa shape index (κ2) is 5.84. The molecule has 1 aromatic heterocycles. The van der Waals surface area contributed by atoms with Gasteiger partial charge in [0.05, 0.1) is 12.3 Å². The van der Waals surface area contributed by atoms with Crippen LogP contribution in [0.4, 0.5) is 0 Å². The molecule has 5 nitrogen and oxygen atoms in total. The molecule has 0 amide bonds. The van der Waals surface area contributed by atoms with Crippen molar-refractivity contribution in [3.8, 4) is 0 Å². The molecule has 0 aromatic carbocycles. The molecular weight excluding hydrogens is 252 g/mol. The van der Waals surface area contributed by atoms with E-state index in [0.717, 1.165) is 37.3 Å². The van der Waals surface area contributed by atoms with E-state index in [4.69, 9.17) is 4.74 Å². The van der Waals surface area contributed by atoms with Gasteiger partial charge in [-0.15, -0.1) is 0 Å². The van der Waals surface area contributed by atoms with Crippen molar-refractivity contribution in [2.75, 3.05) is 39.8 Å². The monoisotopic (exact) mass is 278 g/mol. The van der Waals surface area contributed by atoms with Crippen LogP contribution in [0.15, 0.2) is 6.20 Å². The number of hydrogen-bond donors (Lipinski definition) is 0. The fourth-order valence-corrected chi connectivity index (χ4v) is 3.45. The van der Waals surface area contributed by atoms with Crippen molar-refractivity contribution >= 4 is 0 Å². The maximum atomic E-state index is 5.96. The van der Waals surface area contributed by atoms with Gasteiger partial charge in [-0.3, -0.25) is 4.90 Å². The molecule has 1 unspecified atom stereocenters. The maximum Gasteiger partial charge on any atom is 0.139 e. The molecule has 0 aliphatic carbocycles. The molecule has 0 radical (unpaired) electrons. The van der Waals surface area contributed by atoms with E-state index in [-0.39, 0.29) is 6.10 Å². The topological polar surface area (TPSA) is 33.5 Å². The van der Waals surface area contributed by atoms with Crippen LogP contribution in [-0.4, -0.2) is 65.2 Å². The van der Waals surface area contributed by atoms with E-state index in [0.29, 0.717) is 0 Å². The quantitative estimate of drug-likeness (QED) is 0.814. The lowest BCUT2D eigenvalue weighted by Crippen LogP contribution is -2.49. The third kappa shape index (κ3) is 2.90. The van der Waals surface area contributed by atoms with Crippen LogP contribution in [0.1, 0.15) is 30.5 Å². The van der Waals surface area contributed by atoms with Crippen molar-refractivity contribution < 1.29 is 4.74 Å². The first-order chi connectivity index (χ1) is 9.63. The smallest absolute Gasteiger partial charge is 0.139 e. The minimum absolute atomic E-state index is 0.127. The third-order valence-corrected chi connectivity index (χ3v) is 4.62. The van der Waals surface area contributed by atoms with Gasteiger partial charge in [0.15, 0.2) is 0 Å². The van der Waals surface area contributed by atoms with Gasteiger partial charge in [-0.25, -0.2) is 4.98 Å². The standard InChI is InChI=1S/C15H26N4O/c1-12-10-18(3)15(16-12)14-11-19(8-9-20-14)13-4-6-17(2)7-5-13/h10,13-14H,4-9,11H2,1-3H3. The van der Waals surface area contributed by atoms with E-state index < -0.39 is 0 Å². The van der Waals surface area contributed by atoms with Crippen LogP contribution < -0.4 is 0 Å². The van der Waals surface area contributed by atoms with Gasteiger partial charge >= 0.3 is 0 Å². The van der Waals surface area contributed by atoms with E-state index in [9.17, 15) is 0 Å². The number of aryl methyl sites for hydroxylation is 2. The second-order valence-corrected chi connectivity index (χ2v) is 6.24. The fourth-order valence-electron chi connectivity index (χ4n) is 3.45. The Kier molecular flexibility index (Phi) is 4.10. The number of rotatable bonds is 2. The van der Waals surface area contributed by atoms with Crippen molar-refractivity contribution in [1.29, 1.82) is 0 Å². The minimum Gasteiger partial charge on any atom is -0.368 e. The maximum absolute atomic E-state index is 5.96. The Bertz CT molecular complexity index is 451. The summed E-state index contributed by atoms with van der Waals surface area (Å²) in [5.74, 6) is 1.07. The number of nitrogens with zero attached hydrogens (tertiary/aromatic N) is 4. The predicted molar refractivity (Wildman–Crippen MR) is 78.7 cm³/mol. The van der Waals surface area contributed by atoms with E-state index in [1.165, 1.54) is 25.9 Å². The molecule has 5 heteroatoms. The van der Waals surface area contributed by atoms with Crippen LogP contribution >= 0.6 is 0 Å². The Morgan fingerprint density at radius 2 is 1.95 bits per heavy atom. The highest BCUT2D eigenvalue weighted by atomic mass is 16.5. The van der Waals surface area contributed by atoms with Gasteiger partial charge in [0, 0.05) is 32.4 Å². The zero-order valence-corrected chi connectivity index (χ0v) is 12.9. The van der Waals surface area contributed by atoms with Crippen molar-refractivity contribution in [3.05, 3.63) is 17.7 Å². The van der Waals surface area contributed by atoms with Crippen LogP contribution in [0.25, 0.3) is 0 Å². The number of hydrogen-bond acceptors (Lipinski definition) is 4. The molecule has 20 heavy (non-hydrogen) atoms. The minimum atomic E-state index is 0.127. The van der Waals surface area contributed by atoms with E-state index in [2.05, 4.69) is 39.6 Å². The third-order valence-electron chi connectivity index (χ3n) is 4.62. The van der Waals surface area contributed by atoms with Crippen LogP contribution in [0.3, 0.4) is 0 Å². The summed E-state index contributed by atoms with van der Waals surface area (Å²) in [7, 11) is 4.28. The van der Waals surface area contributed by atoms with E-state index >= 15 is 0 Å². The molecule has 1 atom stereocenters. The fraction of sp³-hybridized carbons (Fsp3) is 0.800. The van der Waals surface area contributed by atoms with E-state index in [1.54, 1.807) is 0 Å². The molecule has 0 N–H and O–H groups in total. The molecule has 2 saturated heterocycles. The van der Waals surface area contributed by atoms with Gasteiger partial charge in [-0.1, -0.05) is 0 Å². The van der Waals surface area contributed by atoms with Crippen molar-refractivity contribution in [3.63, 3.8) is 0 Å². The Hall–Kier alpha value is -0.910. The van der Waals surface area contributed by atoms with Crippen LogP contribution in [0, 0.1) is 6.92 Å². The number of ether oxygens (including phenoxy) is 1. The second-order valence-electron chi connectivity index (χ2n) is 6.24. The van der Waals surface area contributed by atoms with Gasteiger partial charge in [-0.05, 0) is 39.9 Å². The van der Waals surface area contributed by atoms with Crippen LogP contribution in [0.2, 0.25) is 0 Å². The summed E-state index contributed by atoms with van der Waals surface area (Å²) >= 11 is 0. The van der Waals surface area contributed by atoms with Gasteiger partial charge in [0.1, 0.15) is 11.9 Å². The molecule has 2 fully saturated rings. The molecule has 3 rings (SSSR count). The highest BCUT2D eigenvalue weighted by molar-refractivity contribution is 5.05. The summed E-state index contributed by atoms with van der Waals surface area (Å²) in [6.45, 7) is 7.35. The van der Waals surface area contributed by atoms with Gasteiger partial charge in [0.2, 0.25) is 0 Å². The molecule has 0 saturated carbocycles. The lowest BCUT2D eigenvalue weighted by molar-refractivity contribution is -0.0572. The molecule has 1 aromatic rings. The molecule has 2 aliphatic rings. The first-order valence-electron chi connectivity index (χ1n) is 7.67. The first-order valence-corrected chi connectivity index (χ1v) is 7.67. The molecular formula is C15H26N4O. The first kappa shape index (κ1) is 14.0. The lowest BCUT2D eigenvalue weighted by atomic mass is 10.0. The van der Waals surface area contributed by atoms with Crippen LogP contribution in [-0.2, 0) is 11.8 Å². The summed E-state index contributed by atoms with van der Waals surface area (Å²) in [6, 6.07) is 0.721. The number of piperidine rings is 1. The van der Waals surface area contributed by atoms with E-state index in [1.807, 2.05) is 6.92 Å². The highest BCUT2D eigenvalue weighted by Crippen LogP contribution is 2.25. The Morgan fingerprint density at radius 3 is 2.60 bits per heavy atom. The predicted octanol–water partition coefficient (Wildman–Crippen LogP) is 1.20. The molecule has 112 valence electrons. The average Bonchev–Trinajstić information content (AvgIpc) is 2.79. The number of morpholine rings is 1. The number of aromatic nitrogens is 2. The summed E-state index contributed by atoms with van der Waals surface area (Å²) in [5, 5.41) is 0. The average molecular weight is 278 g/mol. The SMILES string of the molecule is Cc1cn(C)c(C2CN(C3CCN(C)CC3)CCO2)n1. The van der Waals surface area contributed by atoms with Crippen molar-refractivity contribution in [2.45, 2.75) is 31.9 Å². The summed E-state index contributed by atoms with van der Waals surface area (Å²) in [6.07, 6.45) is 4.76. The molecule has 0 spiro atoms. The Labute approximate surface area is 121 Å². The van der Waals surface area contributed by atoms with Gasteiger partial charge < -0.3 is 14.2 Å². The summed E-state index contributed by atoms with van der Waals surface area (Å²) in [5.41, 5.74) is 1.07. The van der Waals surface area contributed by atoms with Crippen molar-refractivity contribution in [1.82, 2.24) is 19.4 Å². The zero-order valence-electron chi connectivity index (χ0n) is 12.9. The van der Waals surface area contributed by atoms with Gasteiger partial charge in [-0.2, -0.15) is 0 Å². The molecule has 3 heterocycles. The zero-order chi connectivity index (χ0) is 14.1. The summed E-state index contributed by atoms with van der Waals surface area (Å²) in [4.78, 5) is 9.67. The number of imidazole rings is 1. The molecule has 2 aliphatic heterocycles.